The zero-order valence-electron chi connectivity index (χ0n) is 6.78. The molecule has 1 aromatic rings. The molecule has 0 aromatic heterocycles. The van der Waals surface area contributed by atoms with Crippen LogP contribution in [0, 0.1) is 0 Å². The highest BCUT2D eigenvalue weighted by atomic mass is 35.5. The quantitative estimate of drug-likeness (QED) is 0.489. The van der Waals surface area contributed by atoms with Gasteiger partial charge in [-0.1, -0.05) is 55.1 Å². The van der Waals surface area contributed by atoms with E-state index in [9.17, 15) is 0 Å². The van der Waals surface area contributed by atoms with Crippen LogP contribution in [0.15, 0.2) is 55.1 Å². The summed E-state index contributed by atoms with van der Waals surface area (Å²) >= 11 is 6.05. The predicted octanol–water partition coefficient (Wildman–Crippen LogP) is 3.71. The van der Waals surface area contributed by atoms with Crippen LogP contribution in [0.3, 0.4) is 0 Å². The molecule has 0 aliphatic carbocycles. The Morgan fingerprint density at radius 3 is 2.50 bits per heavy atom. The molecule has 0 aliphatic rings. The van der Waals surface area contributed by atoms with E-state index in [1.807, 2.05) is 42.5 Å². The molecule has 1 unspecified atom stereocenters. The smallest absolute Gasteiger partial charge is 0.0769 e. The van der Waals surface area contributed by atoms with E-state index in [-0.39, 0.29) is 5.38 Å². The Kier molecular flexibility index (Phi) is 3.62. The molecule has 1 rings (SSSR count). The Morgan fingerprint density at radius 2 is 1.92 bits per heavy atom. The molecule has 12 heavy (non-hydrogen) atoms. The van der Waals surface area contributed by atoms with Gasteiger partial charge < -0.3 is 0 Å². The minimum atomic E-state index is -0.0517. The highest BCUT2D eigenvalue weighted by molar-refractivity contribution is 6.21. The molecule has 0 nitrogen and oxygen atoms in total. The lowest BCUT2D eigenvalue weighted by Crippen LogP contribution is -1.83. The van der Waals surface area contributed by atoms with E-state index in [4.69, 9.17) is 11.6 Å². The topological polar surface area (TPSA) is 0 Å². The monoisotopic (exact) mass is 178 g/mol. The molecule has 0 N–H and O–H groups in total. The minimum absolute atomic E-state index is 0.0517. The van der Waals surface area contributed by atoms with E-state index in [0.717, 1.165) is 5.56 Å². The summed E-state index contributed by atoms with van der Waals surface area (Å²) in [5.74, 6) is 0. The van der Waals surface area contributed by atoms with Crippen LogP contribution in [0.4, 0.5) is 0 Å². The molecule has 0 fully saturated rings. The largest absolute Gasteiger partial charge is 0.113 e. The Labute approximate surface area is 78.2 Å². The van der Waals surface area contributed by atoms with Crippen LogP contribution in [0.25, 0.3) is 0 Å². The van der Waals surface area contributed by atoms with E-state index in [1.54, 1.807) is 6.08 Å². The van der Waals surface area contributed by atoms with Gasteiger partial charge in [0.2, 0.25) is 0 Å². The molecule has 0 saturated carbocycles. The Bertz CT molecular complexity index is 262. The highest BCUT2D eigenvalue weighted by Crippen LogP contribution is 2.20. The molecule has 1 heteroatoms. The molecule has 62 valence electrons. The van der Waals surface area contributed by atoms with Crippen LogP contribution in [0.5, 0.6) is 0 Å². The lowest BCUT2D eigenvalue weighted by Gasteiger charge is -2.02. The van der Waals surface area contributed by atoms with Crippen LogP contribution in [0.1, 0.15) is 10.9 Å². The van der Waals surface area contributed by atoms with Crippen molar-refractivity contribution in [3.8, 4) is 0 Å². The number of hydrogen-bond acceptors (Lipinski definition) is 0. The van der Waals surface area contributed by atoms with Crippen molar-refractivity contribution in [1.82, 2.24) is 0 Å². The van der Waals surface area contributed by atoms with Crippen LogP contribution in [-0.2, 0) is 0 Å². The molecule has 0 aliphatic heterocycles. The molecule has 0 bridgehead atoms. The van der Waals surface area contributed by atoms with Crippen molar-refractivity contribution >= 4 is 11.6 Å². The minimum Gasteiger partial charge on any atom is -0.113 e. The zero-order valence-corrected chi connectivity index (χ0v) is 7.54. The molecule has 0 spiro atoms. The number of benzene rings is 1. The summed E-state index contributed by atoms with van der Waals surface area (Å²) < 4.78 is 0. The summed E-state index contributed by atoms with van der Waals surface area (Å²) in [4.78, 5) is 0. The summed E-state index contributed by atoms with van der Waals surface area (Å²) in [5, 5.41) is -0.0517. The standard InChI is InChI=1S/C11H11Cl/c1-2-3-9-11(12)10-7-5-4-6-8-10/h2-9,11H,1H2. The first-order valence-corrected chi connectivity index (χ1v) is 4.26. The van der Waals surface area contributed by atoms with Crippen molar-refractivity contribution in [2.75, 3.05) is 0 Å². The van der Waals surface area contributed by atoms with Gasteiger partial charge in [-0.15, -0.1) is 11.6 Å². The lowest BCUT2D eigenvalue weighted by molar-refractivity contribution is 1.21. The van der Waals surface area contributed by atoms with Crippen molar-refractivity contribution < 1.29 is 0 Å². The SMILES string of the molecule is C=CC=CC(Cl)c1ccccc1. The van der Waals surface area contributed by atoms with E-state index >= 15 is 0 Å². The molecular weight excluding hydrogens is 168 g/mol. The summed E-state index contributed by atoms with van der Waals surface area (Å²) in [6.45, 7) is 3.58. The number of halogens is 1. The number of hydrogen-bond donors (Lipinski definition) is 0. The van der Waals surface area contributed by atoms with Crippen LogP contribution in [-0.4, -0.2) is 0 Å². The van der Waals surface area contributed by atoms with Gasteiger partial charge in [-0.05, 0) is 5.56 Å². The molecule has 0 radical (unpaired) electrons. The second-order valence-corrected chi connectivity index (χ2v) is 2.90. The maximum atomic E-state index is 6.05. The van der Waals surface area contributed by atoms with Crippen LogP contribution in [0.2, 0.25) is 0 Å². The maximum absolute atomic E-state index is 6.05. The van der Waals surface area contributed by atoms with Crippen molar-refractivity contribution in [2.24, 2.45) is 0 Å². The van der Waals surface area contributed by atoms with E-state index in [0.29, 0.717) is 0 Å². The molecule has 1 atom stereocenters. The Morgan fingerprint density at radius 1 is 1.25 bits per heavy atom. The van der Waals surface area contributed by atoms with Gasteiger partial charge in [0.1, 0.15) is 0 Å². The van der Waals surface area contributed by atoms with Crippen molar-refractivity contribution in [1.29, 1.82) is 0 Å². The van der Waals surface area contributed by atoms with Gasteiger partial charge >= 0.3 is 0 Å². The van der Waals surface area contributed by atoms with Gasteiger partial charge in [-0.3, -0.25) is 0 Å². The zero-order chi connectivity index (χ0) is 8.81. The van der Waals surface area contributed by atoms with Gasteiger partial charge in [0, 0.05) is 0 Å². The van der Waals surface area contributed by atoms with Gasteiger partial charge in [-0.25, -0.2) is 0 Å². The fourth-order valence-electron chi connectivity index (χ4n) is 0.924. The fourth-order valence-corrected chi connectivity index (χ4v) is 1.15. The number of rotatable bonds is 3. The van der Waals surface area contributed by atoms with Gasteiger partial charge in [-0.2, -0.15) is 0 Å². The first-order valence-electron chi connectivity index (χ1n) is 3.83. The molecule has 0 amide bonds. The number of alkyl halides is 1. The second kappa shape index (κ2) is 4.78. The van der Waals surface area contributed by atoms with Gasteiger partial charge in [0.15, 0.2) is 0 Å². The first-order chi connectivity index (χ1) is 5.84. The van der Waals surface area contributed by atoms with E-state index in [1.165, 1.54) is 0 Å². The molecular formula is C11H11Cl. The second-order valence-electron chi connectivity index (χ2n) is 2.43. The first kappa shape index (κ1) is 9.08. The fraction of sp³-hybridized carbons (Fsp3) is 0.0909. The third kappa shape index (κ3) is 2.55. The normalized spacial score (nSPS) is 13.1. The van der Waals surface area contributed by atoms with Gasteiger partial charge in [0.05, 0.1) is 5.38 Å². The summed E-state index contributed by atoms with van der Waals surface area (Å²) in [7, 11) is 0. The van der Waals surface area contributed by atoms with Crippen LogP contribution >= 0.6 is 11.6 Å². The summed E-state index contributed by atoms with van der Waals surface area (Å²) in [5.41, 5.74) is 1.11. The maximum Gasteiger partial charge on any atom is 0.0769 e. The Hall–Kier alpha value is -1.01. The number of allylic oxidation sites excluding steroid dienone is 3. The predicted molar refractivity (Wildman–Crippen MR) is 54.4 cm³/mol. The third-order valence-corrected chi connectivity index (χ3v) is 1.93. The Balaban J connectivity index is 2.71. The van der Waals surface area contributed by atoms with Gasteiger partial charge in [0.25, 0.3) is 0 Å². The highest BCUT2D eigenvalue weighted by Gasteiger charge is 2.00. The summed E-state index contributed by atoms with van der Waals surface area (Å²) in [6.07, 6.45) is 5.48. The van der Waals surface area contributed by atoms with Crippen LogP contribution < -0.4 is 0 Å². The average Bonchev–Trinajstić information content (AvgIpc) is 2.15. The van der Waals surface area contributed by atoms with E-state index < -0.39 is 0 Å². The van der Waals surface area contributed by atoms with Crippen molar-refractivity contribution in [3.63, 3.8) is 0 Å². The molecule has 1 aromatic carbocycles. The van der Waals surface area contributed by atoms with Crippen molar-refractivity contribution in [2.45, 2.75) is 5.38 Å². The van der Waals surface area contributed by atoms with Crippen molar-refractivity contribution in [3.05, 3.63) is 60.7 Å². The molecule has 0 saturated heterocycles. The molecule has 0 heterocycles. The average molecular weight is 179 g/mol. The lowest BCUT2D eigenvalue weighted by atomic mass is 10.1. The summed E-state index contributed by atoms with van der Waals surface area (Å²) in [6, 6.07) is 9.94. The third-order valence-electron chi connectivity index (χ3n) is 1.53. The van der Waals surface area contributed by atoms with E-state index in [2.05, 4.69) is 6.58 Å².